The lowest BCUT2D eigenvalue weighted by molar-refractivity contribution is -0.385. The van der Waals surface area contributed by atoms with Crippen LogP contribution in [0.2, 0.25) is 0 Å². The molecule has 0 aliphatic carbocycles. The summed E-state index contributed by atoms with van der Waals surface area (Å²) < 4.78 is 15.5. The van der Waals surface area contributed by atoms with E-state index in [1.54, 1.807) is 10.8 Å². The Bertz CT molecular complexity index is 733. The second-order valence-electron chi connectivity index (χ2n) is 4.12. The van der Waals surface area contributed by atoms with Crippen molar-refractivity contribution in [2.24, 2.45) is 0 Å². The number of aryl methyl sites for hydroxylation is 1. The molecule has 21 heavy (non-hydrogen) atoms. The predicted molar refractivity (Wildman–Crippen MR) is 76.8 cm³/mol. The van der Waals surface area contributed by atoms with E-state index >= 15 is 0 Å². The van der Waals surface area contributed by atoms with E-state index in [1.807, 2.05) is 6.92 Å². The van der Waals surface area contributed by atoms with Crippen molar-refractivity contribution >= 4 is 17.4 Å². The molecular weight excluding hydrogens is 297 g/mol. The molecule has 1 aromatic heterocycles. The first-order valence-corrected chi connectivity index (χ1v) is 7.13. The fraction of sp³-hybridized carbons (Fsp3) is 0.231. The van der Waals surface area contributed by atoms with Crippen LogP contribution in [0.5, 0.6) is 0 Å². The Labute approximate surface area is 123 Å². The number of nitrogens with zero attached hydrogens (tertiary/aromatic N) is 3. The van der Waals surface area contributed by atoms with Crippen LogP contribution in [0.3, 0.4) is 0 Å². The van der Waals surface area contributed by atoms with E-state index in [4.69, 9.17) is 0 Å². The monoisotopic (exact) mass is 309 g/mol. The van der Waals surface area contributed by atoms with Gasteiger partial charge in [0.15, 0.2) is 5.16 Å². The van der Waals surface area contributed by atoms with Crippen LogP contribution >= 0.6 is 11.8 Å². The van der Waals surface area contributed by atoms with E-state index in [0.717, 1.165) is 11.8 Å². The zero-order valence-corrected chi connectivity index (χ0v) is 12.0. The van der Waals surface area contributed by atoms with Gasteiger partial charge in [0.05, 0.1) is 10.5 Å². The molecule has 0 N–H and O–H groups in total. The van der Waals surface area contributed by atoms with Gasteiger partial charge in [0.25, 0.3) is 11.2 Å². The Kier molecular flexibility index (Phi) is 4.69. The Morgan fingerprint density at radius 1 is 1.43 bits per heavy atom. The minimum Gasteiger partial charge on any atom is -0.328 e. The summed E-state index contributed by atoms with van der Waals surface area (Å²) in [7, 11) is 0. The molecule has 2 aromatic rings. The van der Waals surface area contributed by atoms with Gasteiger partial charge in [-0.3, -0.25) is 14.9 Å². The maximum Gasteiger partial charge on any atom is 0.276 e. The van der Waals surface area contributed by atoms with Gasteiger partial charge in [-0.25, -0.2) is 4.39 Å². The average molecular weight is 309 g/mol. The van der Waals surface area contributed by atoms with Crippen molar-refractivity contribution in [1.29, 1.82) is 0 Å². The summed E-state index contributed by atoms with van der Waals surface area (Å²) in [6, 6.07) is 5.06. The maximum atomic E-state index is 13.8. The highest BCUT2D eigenvalue weighted by Crippen LogP contribution is 2.28. The molecule has 1 aromatic carbocycles. The molecule has 110 valence electrons. The first-order chi connectivity index (χ1) is 10.0. The van der Waals surface area contributed by atoms with Gasteiger partial charge in [-0.15, -0.1) is 0 Å². The maximum absolute atomic E-state index is 13.8. The number of halogens is 1. The van der Waals surface area contributed by atoms with Crippen LogP contribution in [-0.4, -0.2) is 14.5 Å². The summed E-state index contributed by atoms with van der Waals surface area (Å²) in [5, 5.41) is 11.3. The number of hydrogen-bond donors (Lipinski definition) is 0. The topological polar surface area (TPSA) is 78.0 Å². The van der Waals surface area contributed by atoms with Crippen molar-refractivity contribution in [1.82, 2.24) is 9.55 Å². The minimum absolute atomic E-state index is 0.00625. The van der Waals surface area contributed by atoms with Crippen molar-refractivity contribution in [3.05, 3.63) is 62.3 Å². The lowest BCUT2D eigenvalue weighted by Crippen LogP contribution is -2.12. The molecular formula is C13H12FN3O3S. The van der Waals surface area contributed by atoms with Gasteiger partial charge in [0.2, 0.25) is 0 Å². The molecule has 0 radical (unpaired) electrons. The van der Waals surface area contributed by atoms with Crippen molar-refractivity contribution in [2.45, 2.75) is 24.4 Å². The van der Waals surface area contributed by atoms with Crippen molar-refractivity contribution < 1.29 is 9.31 Å². The summed E-state index contributed by atoms with van der Waals surface area (Å²) in [6.45, 7) is 2.47. The molecule has 0 aliphatic rings. The third kappa shape index (κ3) is 3.46. The molecule has 0 saturated carbocycles. The molecule has 0 atom stereocenters. The number of nitro groups is 1. The minimum atomic E-state index is -0.641. The number of hydrogen-bond acceptors (Lipinski definition) is 5. The van der Waals surface area contributed by atoms with Crippen LogP contribution in [0.15, 0.2) is 40.4 Å². The Morgan fingerprint density at radius 3 is 2.86 bits per heavy atom. The van der Waals surface area contributed by atoms with E-state index in [1.165, 1.54) is 24.3 Å². The van der Waals surface area contributed by atoms with Gasteiger partial charge in [0.1, 0.15) is 5.82 Å². The third-order valence-electron chi connectivity index (χ3n) is 2.83. The molecule has 0 aliphatic heterocycles. The fourth-order valence-corrected chi connectivity index (χ4v) is 2.84. The molecule has 6 nitrogen and oxygen atoms in total. The second kappa shape index (κ2) is 6.49. The van der Waals surface area contributed by atoms with E-state index in [9.17, 15) is 19.3 Å². The zero-order valence-electron chi connectivity index (χ0n) is 11.2. The SMILES string of the molecule is CCn1ccc(=O)nc1SCc1c(F)cccc1[N+](=O)[O-]. The van der Waals surface area contributed by atoms with Crippen LogP contribution in [0.4, 0.5) is 10.1 Å². The molecule has 2 rings (SSSR count). The fourth-order valence-electron chi connectivity index (χ4n) is 1.77. The van der Waals surface area contributed by atoms with Crippen LogP contribution in [0.25, 0.3) is 0 Å². The number of benzene rings is 1. The molecule has 0 saturated heterocycles. The van der Waals surface area contributed by atoms with Gasteiger partial charge in [-0.1, -0.05) is 17.8 Å². The Balaban J connectivity index is 2.31. The molecule has 0 fully saturated rings. The lowest BCUT2D eigenvalue weighted by Gasteiger charge is -2.09. The first kappa shape index (κ1) is 15.2. The number of rotatable bonds is 5. The van der Waals surface area contributed by atoms with Crippen molar-refractivity contribution in [3.8, 4) is 0 Å². The number of aromatic nitrogens is 2. The predicted octanol–water partition coefficient (Wildman–Crippen LogP) is 2.60. The van der Waals surface area contributed by atoms with Gasteiger partial charge < -0.3 is 4.57 Å². The second-order valence-corrected chi connectivity index (χ2v) is 5.06. The average Bonchev–Trinajstić information content (AvgIpc) is 2.45. The molecule has 1 heterocycles. The Hall–Kier alpha value is -2.22. The third-order valence-corrected chi connectivity index (χ3v) is 3.84. The standard InChI is InChI=1S/C13H12FN3O3S/c1-2-16-7-6-12(18)15-13(16)21-8-9-10(14)4-3-5-11(9)17(19)20/h3-7H,2,8H2,1H3. The first-order valence-electron chi connectivity index (χ1n) is 6.15. The molecule has 0 amide bonds. The molecule has 8 heteroatoms. The van der Waals surface area contributed by atoms with Crippen LogP contribution < -0.4 is 5.56 Å². The van der Waals surface area contributed by atoms with Gasteiger partial charge >= 0.3 is 0 Å². The van der Waals surface area contributed by atoms with Gasteiger partial charge in [0, 0.05) is 30.6 Å². The van der Waals surface area contributed by atoms with Gasteiger partial charge in [-0.05, 0) is 13.0 Å². The van der Waals surface area contributed by atoms with Crippen LogP contribution in [0, 0.1) is 15.9 Å². The highest BCUT2D eigenvalue weighted by Gasteiger charge is 2.18. The van der Waals surface area contributed by atoms with Crippen molar-refractivity contribution in [2.75, 3.05) is 0 Å². The summed E-state index contributed by atoms with van der Waals surface area (Å²) in [6.07, 6.45) is 1.59. The molecule has 0 bridgehead atoms. The quantitative estimate of drug-likeness (QED) is 0.367. The normalized spacial score (nSPS) is 10.6. The zero-order chi connectivity index (χ0) is 15.4. The smallest absolute Gasteiger partial charge is 0.276 e. The largest absolute Gasteiger partial charge is 0.328 e. The summed E-state index contributed by atoms with van der Waals surface area (Å²) in [5.74, 6) is -0.613. The van der Waals surface area contributed by atoms with E-state index in [2.05, 4.69) is 4.98 Å². The van der Waals surface area contributed by atoms with Crippen LogP contribution in [-0.2, 0) is 12.3 Å². The van der Waals surface area contributed by atoms with Gasteiger partial charge in [-0.2, -0.15) is 4.98 Å². The lowest BCUT2D eigenvalue weighted by atomic mass is 10.2. The highest BCUT2D eigenvalue weighted by atomic mass is 32.2. The van der Waals surface area contributed by atoms with E-state index in [0.29, 0.717) is 11.7 Å². The summed E-state index contributed by atoms with van der Waals surface area (Å²) in [4.78, 5) is 25.4. The van der Waals surface area contributed by atoms with Crippen molar-refractivity contribution in [3.63, 3.8) is 0 Å². The molecule has 0 spiro atoms. The highest BCUT2D eigenvalue weighted by molar-refractivity contribution is 7.98. The van der Waals surface area contributed by atoms with Crippen LogP contribution in [0.1, 0.15) is 12.5 Å². The number of nitro benzene ring substituents is 1. The summed E-state index contributed by atoms with van der Waals surface area (Å²) >= 11 is 1.09. The van der Waals surface area contributed by atoms with E-state index in [-0.39, 0.29) is 17.0 Å². The van der Waals surface area contributed by atoms with E-state index < -0.39 is 16.3 Å². The summed E-state index contributed by atoms with van der Waals surface area (Å²) in [5.41, 5.74) is -0.678. The molecule has 0 unspecified atom stereocenters. The Morgan fingerprint density at radius 2 is 2.19 bits per heavy atom. The number of thioether (sulfide) groups is 1.